The SMILES string of the molecule is Cc1ccc(N2C(=O)c3cc(C(C)(C)C)nn3C[C@]2(C)C(=O)NC2CCCCCCC2)cc1C. The van der Waals surface area contributed by atoms with Gasteiger partial charge < -0.3 is 5.32 Å². The summed E-state index contributed by atoms with van der Waals surface area (Å²) < 4.78 is 1.75. The lowest BCUT2D eigenvalue weighted by Crippen LogP contribution is -2.65. The summed E-state index contributed by atoms with van der Waals surface area (Å²) in [5, 5.41) is 8.11. The van der Waals surface area contributed by atoms with Crippen molar-refractivity contribution in [1.29, 1.82) is 0 Å². The summed E-state index contributed by atoms with van der Waals surface area (Å²) in [5.41, 5.74) is 3.16. The number of anilines is 1. The van der Waals surface area contributed by atoms with Crippen LogP contribution < -0.4 is 10.2 Å². The molecule has 0 spiro atoms. The molecule has 6 nitrogen and oxygen atoms in total. The molecule has 6 heteroatoms. The van der Waals surface area contributed by atoms with Crippen LogP contribution in [0.2, 0.25) is 0 Å². The average Bonchev–Trinajstić information content (AvgIpc) is 3.17. The van der Waals surface area contributed by atoms with Gasteiger partial charge >= 0.3 is 0 Å². The number of carbonyl (C=O) groups excluding carboxylic acids is 2. The Hall–Kier alpha value is -2.63. The minimum atomic E-state index is -1.07. The molecule has 0 unspecified atom stereocenters. The largest absolute Gasteiger partial charge is 0.351 e. The summed E-state index contributed by atoms with van der Waals surface area (Å²) in [6.45, 7) is 12.6. The molecular weight excluding hydrogens is 424 g/mol. The number of hydrogen-bond acceptors (Lipinski definition) is 3. The molecule has 1 aliphatic heterocycles. The van der Waals surface area contributed by atoms with E-state index in [4.69, 9.17) is 5.10 Å². The number of carbonyl (C=O) groups is 2. The Balaban J connectivity index is 1.74. The molecule has 1 fully saturated rings. The number of aryl methyl sites for hydroxylation is 2. The van der Waals surface area contributed by atoms with Crippen LogP contribution in [0.5, 0.6) is 0 Å². The predicted octanol–water partition coefficient (Wildman–Crippen LogP) is 5.45. The fraction of sp³-hybridized carbons (Fsp3) is 0.607. The number of hydrogen-bond donors (Lipinski definition) is 1. The van der Waals surface area contributed by atoms with Gasteiger partial charge in [-0.05, 0) is 62.9 Å². The number of fused-ring (bicyclic) bond motifs is 1. The van der Waals surface area contributed by atoms with Gasteiger partial charge in [-0.25, -0.2) is 0 Å². The highest BCUT2D eigenvalue weighted by Crippen LogP contribution is 2.35. The van der Waals surface area contributed by atoms with Crippen molar-refractivity contribution in [3.05, 3.63) is 46.8 Å². The quantitative estimate of drug-likeness (QED) is 0.657. The van der Waals surface area contributed by atoms with E-state index in [1.54, 1.807) is 9.58 Å². The smallest absolute Gasteiger partial charge is 0.277 e. The molecule has 4 rings (SSSR count). The van der Waals surface area contributed by atoms with Crippen molar-refractivity contribution in [2.24, 2.45) is 0 Å². The average molecular weight is 465 g/mol. The second-order valence-corrected chi connectivity index (χ2v) is 11.5. The lowest BCUT2D eigenvalue weighted by atomic mass is 9.90. The monoisotopic (exact) mass is 464 g/mol. The first kappa shape index (κ1) is 24.5. The van der Waals surface area contributed by atoms with Crippen molar-refractivity contribution >= 4 is 17.5 Å². The van der Waals surface area contributed by atoms with E-state index in [1.807, 2.05) is 38.1 Å². The maximum atomic E-state index is 14.0. The summed E-state index contributed by atoms with van der Waals surface area (Å²) in [5.74, 6) is -0.268. The normalized spacial score (nSPS) is 22.2. The highest BCUT2D eigenvalue weighted by Gasteiger charge is 2.49. The molecule has 1 aromatic heterocycles. The maximum absolute atomic E-state index is 14.0. The van der Waals surface area contributed by atoms with Crippen molar-refractivity contribution in [2.45, 2.75) is 110 Å². The summed E-state index contributed by atoms with van der Waals surface area (Å²) in [6.07, 6.45) is 8.01. The molecule has 2 aromatic rings. The van der Waals surface area contributed by atoms with Gasteiger partial charge in [0.15, 0.2) is 0 Å². The summed E-state index contributed by atoms with van der Waals surface area (Å²) in [4.78, 5) is 29.6. The molecule has 0 radical (unpaired) electrons. The first-order valence-corrected chi connectivity index (χ1v) is 12.8. The third kappa shape index (κ3) is 4.64. The third-order valence-electron chi connectivity index (χ3n) is 7.60. The van der Waals surface area contributed by atoms with Crippen LogP contribution in [0.3, 0.4) is 0 Å². The Morgan fingerprint density at radius 2 is 1.68 bits per heavy atom. The lowest BCUT2D eigenvalue weighted by molar-refractivity contribution is -0.127. The van der Waals surface area contributed by atoms with Crippen molar-refractivity contribution in [3.8, 4) is 0 Å². The van der Waals surface area contributed by atoms with Crippen molar-refractivity contribution in [1.82, 2.24) is 15.1 Å². The van der Waals surface area contributed by atoms with E-state index in [9.17, 15) is 9.59 Å². The molecule has 2 heterocycles. The van der Waals surface area contributed by atoms with Crippen molar-refractivity contribution < 1.29 is 9.59 Å². The van der Waals surface area contributed by atoms with Crippen LogP contribution in [0.4, 0.5) is 5.69 Å². The zero-order valence-electron chi connectivity index (χ0n) is 21.7. The van der Waals surface area contributed by atoms with E-state index in [2.05, 4.69) is 33.0 Å². The minimum absolute atomic E-state index is 0.0943. The molecular formula is C28H40N4O2. The van der Waals surface area contributed by atoms with Gasteiger partial charge in [0.2, 0.25) is 5.91 Å². The number of amides is 2. The molecule has 1 saturated carbocycles. The highest BCUT2D eigenvalue weighted by atomic mass is 16.2. The minimum Gasteiger partial charge on any atom is -0.351 e. The van der Waals surface area contributed by atoms with Gasteiger partial charge in [-0.2, -0.15) is 5.10 Å². The molecule has 1 N–H and O–H groups in total. The van der Waals surface area contributed by atoms with Crippen LogP contribution in [0.25, 0.3) is 0 Å². The van der Waals surface area contributed by atoms with Gasteiger partial charge in [0.1, 0.15) is 11.2 Å². The van der Waals surface area contributed by atoms with Crippen LogP contribution in [-0.2, 0) is 16.8 Å². The van der Waals surface area contributed by atoms with Gasteiger partial charge in [-0.15, -0.1) is 0 Å². The maximum Gasteiger partial charge on any atom is 0.277 e. The van der Waals surface area contributed by atoms with E-state index >= 15 is 0 Å². The molecule has 1 atom stereocenters. The lowest BCUT2D eigenvalue weighted by Gasteiger charge is -2.44. The molecule has 34 heavy (non-hydrogen) atoms. The molecule has 184 valence electrons. The Bertz CT molecular complexity index is 1070. The molecule has 2 aliphatic rings. The Morgan fingerprint density at radius 3 is 2.29 bits per heavy atom. The van der Waals surface area contributed by atoms with E-state index < -0.39 is 5.54 Å². The number of rotatable bonds is 3. The molecule has 0 bridgehead atoms. The first-order valence-electron chi connectivity index (χ1n) is 12.8. The number of nitrogens with one attached hydrogen (secondary N) is 1. The number of nitrogens with zero attached hydrogens (tertiary/aromatic N) is 3. The Morgan fingerprint density at radius 1 is 1.03 bits per heavy atom. The van der Waals surface area contributed by atoms with Gasteiger partial charge in [0.05, 0.1) is 12.2 Å². The third-order valence-corrected chi connectivity index (χ3v) is 7.60. The first-order chi connectivity index (χ1) is 16.0. The number of benzene rings is 1. The second kappa shape index (κ2) is 9.20. The molecule has 0 saturated heterocycles. The summed E-state index contributed by atoms with van der Waals surface area (Å²) in [6, 6.07) is 8.05. The van der Waals surface area contributed by atoms with E-state index in [1.165, 1.54) is 19.3 Å². The van der Waals surface area contributed by atoms with Crippen LogP contribution in [0, 0.1) is 13.8 Å². The van der Waals surface area contributed by atoms with Gasteiger partial charge in [0, 0.05) is 17.1 Å². The molecule has 2 amide bonds. The standard InChI is InChI=1S/C28H40N4O2/c1-19-14-15-22(16-20(19)2)32-25(33)23-17-24(27(3,4)5)30-31(23)18-28(32,6)26(34)29-21-12-10-8-7-9-11-13-21/h14-17,21H,7-13,18H2,1-6H3,(H,29,34)/t28-/m1/s1. The number of aromatic nitrogens is 2. The van der Waals surface area contributed by atoms with Crippen molar-refractivity contribution in [3.63, 3.8) is 0 Å². The highest BCUT2D eigenvalue weighted by molar-refractivity contribution is 6.12. The van der Waals surface area contributed by atoms with E-state index in [-0.39, 0.29) is 23.3 Å². The zero-order valence-corrected chi connectivity index (χ0v) is 21.7. The Kier molecular flexibility index (Phi) is 6.63. The molecule has 1 aliphatic carbocycles. The topological polar surface area (TPSA) is 67.2 Å². The fourth-order valence-electron chi connectivity index (χ4n) is 5.16. The van der Waals surface area contributed by atoms with Gasteiger partial charge in [-0.1, -0.05) is 58.9 Å². The fourth-order valence-corrected chi connectivity index (χ4v) is 5.16. The summed E-state index contributed by atoms with van der Waals surface area (Å²) in [7, 11) is 0. The van der Waals surface area contributed by atoms with Crippen molar-refractivity contribution in [2.75, 3.05) is 4.90 Å². The van der Waals surface area contributed by atoms with E-state index in [0.717, 1.165) is 48.2 Å². The molecule has 1 aromatic carbocycles. The van der Waals surface area contributed by atoms with Gasteiger partial charge in [-0.3, -0.25) is 19.2 Å². The Labute approximate surface area is 204 Å². The zero-order chi connectivity index (χ0) is 24.7. The van der Waals surface area contributed by atoms with Crippen LogP contribution >= 0.6 is 0 Å². The van der Waals surface area contributed by atoms with Crippen LogP contribution in [0.15, 0.2) is 24.3 Å². The summed E-state index contributed by atoms with van der Waals surface area (Å²) >= 11 is 0. The second-order valence-electron chi connectivity index (χ2n) is 11.5. The van der Waals surface area contributed by atoms with Gasteiger partial charge in [0.25, 0.3) is 5.91 Å². The predicted molar refractivity (Wildman–Crippen MR) is 136 cm³/mol. The van der Waals surface area contributed by atoms with E-state index in [0.29, 0.717) is 12.2 Å². The van der Waals surface area contributed by atoms with Crippen LogP contribution in [0.1, 0.15) is 99.9 Å². The van der Waals surface area contributed by atoms with Crippen LogP contribution in [-0.4, -0.2) is 33.2 Å².